The van der Waals surface area contributed by atoms with Crippen LogP contribution in [0.25, 0.3) is 0 Å². The highest BCUT2D eigenvalue weighted by atomic mass is 14.7. The zero-order chi connectivity index (χ0) is 14.9. The lowest BCUT2D eigenvalue weighted by atomic mass is 9.61. The summed E-state index contributed by atoms with van der Waals surface area (Å²) in [7, 11) is 0. The summed E-state index contributed by atoms with van der Waals surface area (Å²) in [5, 5.41) is 19.8. The Labute approximate surface area is 128 Å². The summed E-state index contributed by atoms with van der Waals surface area (Å²) in [5.74, 6) is 0.216. The molecule has 102 valence electrons. The van der Waals surface area contributed by atoms with Crippen LogP contribution >= 0.6 is 0 Å². The van der Waals surface area contributed by atoms with Crippen molar-refractivity contribution in [2.24, 2.45) is 5.41 Å². The zero-order valence-corrected chi connectivity index (χ0v) is 11.8. The first-order valence-electron chi connectivity index (χ1n) is 7.54. The third kappa shape index (κ3) is 1.02. The van der Waals surface area contributed by atoms with E-state index in [9.17, 15) is 10.5 Å². The molecule has 2 aromatic rings. The van der Waals surface area contributed by atoms with Gasteiger partial charge in [-0.1, -0.05) is 54.6 Å². The number of hydrogen-bond donors (Lipinski definition) is 0. The molecular formula is C20H12N2. The van der Waals surface area contributed by atoms with Gasteiger partial charge < -0.3 is 0 Å². The van der Waals surface area contributed by atoms with Crippen LogP contribution in [-0.4, -0.2) is 0 Å². The molecule has 4 bridgehead atoms. The van der Waals surface area contributed by atoms with Crippen LogP contribution in [0.2, 0.25) is 0 Å². The van der Waals surface area contributed by atoms with Crippen molar-refractivity contribution in [3.63, 3.8) is 0 Å². The Hall–Kier alpha value is -2.84. The normalized spacial score (nSPS) is 32.5. The fraction of sp³-hybridized carbons (Fsp3) is 0.200. The van der Waals surface area contributed by atoms with Gasteiger partial charge in [0, 0.05) is 23.3 Å². The van der Waals surface area contributed by atoms with Gasteiger partial charge >= 0.3 is 0 Å². The van der Waals surface area contributed by atoms with Gasteiger partial charge in [-0.3, -0.25) is 0 Å². The van der Waals surface area contributed by atoms with Crippen LogP contribution in [0.5, 0.6) is 0 Å². The summed E-state index contributed by atoms with van der Waals surface area (Å²) in [6, 6.07) is 21.6. The molecule has 2 aromatic carbocycles. The molecule has 3 aliphatic carbocycles. The van der Waals surface area contributed by atoms with Gasteiger partial charge in [-0.25, -0.2) is 0 Å². The summed E-state index contributed by atoms with van der Waals surface area (Å²) in [4.78, 5) is 0. The van der Waals surface area contributed by atoms with Gasteiger partial charge in [-0.05, 0) is 22.3 Å². The lowest BCUT2D eigenvalue weighted by Crippen LogP contribution is -2.33. The third-order valence-corrected chi connectivity index (χ3v) is 5.71. The van der Waals surface area contributed by atoms with Crippen LogP contribution in [0, 0.1) is 28.1 Å². The lowest BCUT2D eigenvalue weighted by molar-refractivity contribution is 0.363. The van der Waals surface area contributed by atoms with Crippen molar-refractivity contribution in [2.75, 3.05) is 0 Å². The van der Waals surface area contributed by atoms with E-state index in [0.717, 1.165) is 0 Å². The molecule has 0 heterocycles. The maximum Gasteiger partial charge on any atom is 0.110 e. The fourth-order valence-corrected chi connectivity index (χ4v) is 5.02. The second-order valence-corrected chi connectivity index (χ2v) is 6.37. The van der Waals surface area contributed by atoms with Crippen LogP contribution in [0.4, 0.5) is 0 Å². The van der Waals surface area contributed by atoms with E-state index in [1.165, 1.54) is 22.3 Å². The molecule has 5 rings (SSSR count). The Morgan fingerprint density at radius 3 is 2.05 bits per heavy atom. The van der Waals surface area contributed by atoms with Crippen LogP contribution in [0.15, 0.2) is 60.2 Å². The minimum Gasteiger partial charge on any atom is -0.197 e. The molecule has 22 heavy (non-hydrogen) atoms. The summed E-state index contributed by atoms with van der Waals surface area (Å²) in [6.07, 6.45) is 2.04. The highest BCUT2D eigenvalue weighted by Crippen LogP contribution is 2.72. The van der Waals surface area contributed by atoms with Crippen LogP contribution < -0.4 is 0 Å². The molecule has 0 aliphatic heterocycles. The van der Waals surface area contributed by atoms with Crippen molar-refractivity contribution in [1.29, 1.82) is 10.5 Å². The van der Waals surface area contributed by atoms with Crippen LogP contribution in [0.3, 0.4) is 0 Å². The number of nitrogens with zero attached hydrogens (tertiary/aromatic N) is 2. The molecule has 2 heteroatoms. The topological polar surface area (TPSA) is 47.6 Å². The molecule has 0 fully saturated rings. The van der Waals surface area contributed by atoms with Gasteiger partial charge in [0.05, 0.1) is 12.1 Å². The van der Waals surface area contributed by atoms with E-state index in [1.807, 2.05) is 24.3 Å². The molecule has 0 amide bonds. The average molecular weight is 280 g/mol. The first-order valence-corrected chi connectivity index (χ1v) is 7.54. The van der Waals surface area contributed by atoms with Gasteiger partial charge in [-0.15, -0.1) is 0 Å². The average Bonchev–Trinajstić information content (AvgIpc) is 2.97. The number of fused-ring (bicyclic) bond motifs is 5. The SMILES string of the molecule is N#CC1=C[C@H]2c3ccccc3[C@@H]3c4ccccc4[C@H]2[C@]13C#N. The molecule has 4 atom stereocenters. The Balaban J connectivity index is 1.96. The molecule has 0 saturated heterocycles. The minimum absolute atomic E-state index is 0.0143. The molecule has 3 aliphatic rings. The Morgan fingerprint density at radius 1 is 0.818 bits per heavy atom. The Bertz CT molecular complexity index is 941. The number of nitriles is 2. The highest BCUT2D eigenvalue weighted by Gasteiger charge is 2.65. The summed E-state index contributed by atoms with van der Waals surface area (Å²) in [5.41, 5.74) is 4.92. The minimum atomic E-state index is -0.711. The molecule has 2 nitrogen and oxygen atoms in total. The zero-order valence-electron chi connectivity index (χ0n) is 11.8. The Morgan fingerprint density at radius 2 is 1.41 bits per heavy atom. The predicted molar refractivity (Wildman–Crippen MR) is 82.0 cm³/mol. The lowest BCUT2D eigenvalue weighted by Gasteiger charge is -2.38. The molecular weight excluding hydrogens is 268 g/mol. The van der Waals surface area contributed by atoms with Crippen molar-refractivity contribution in [3.05, 3.63) is 82.4 Å². The Kier molecular flexibility index (Phi) is 1.97. The summed E-state index contributed by atoms with van der Waals surface area (Å²) < 4.78 is 0. The standard InChI is InChI=1S/C20H12N2/c21-10-12-9-17-13-5-1-2-6-14(13)18-15-7-3-4-8-16(15)19(17)20(12,18)11-22/h1-9,17-19H/t17-,18+,19+,20+/m0/s1. The monoisotopic (exact) mass is 280 g/mol. The quantitative estimate of drug-likeness (QED) is 0.732. The first kappa shape index (κ1) is 11.8. The van der Waals surface area contributed by atoms with E-state index in [2.05, 4.69) is 42.5 Å². The predicted octanol–water partition coefficient (Wildman–Crippen LogP) is 3.99. The second kappa shape index (κ2) is 3.67. The van der Waals surface area contributed by atoms with Crippen LogP contribution in [0.1, 0.15) is 40.0 Å². The van der Waals surface area contributed by atoms with Gasteiger partial charge in [0.2, 0.25) is 0 Å². The molecule has 0 N–H and O–H groups in total. The number of rotatable bonds is 0. The van der Waals surface area contributed by atoms with Crippen molar-refractivity contribution < 1.29 is 0 Å². The summed E-state index contributed by atoms with van der Waals surface area (Å²) >= 11 is 0. The number of allylic oxidation sites excluding steroid dienone is 2. The number of hydrogen-bond acceptors (Lipinski definition) is 2. The second-order valence-electron chi connectivity index (χ2n) is 6.37. The highest BCUT2D eigenvalue weighted by molar-refractivity contribution is 5.68. The van der Waals surface area contributed by atoms with Gasteiger partial charge in [0.25, 0.3) is 0 Å². The van der Waals surface area contributed by atoms with Gasteiger partial charge in [0.1, 0.15) is 5.41 Å². The van der Waals surface area contributed by atoms with Crippen molar-refractivity contribution in [3.8, 4) is 12.1 Å². The van der Waals surface area contributed by atoms with E-state index >= 15 is 0 Å². The molecule has 0 radical (unpaired) electrons. The molecule has 0 saturated carbocycles. The molecule has 0 spiro atoms. The maximum atomic E-state index is 10.1. The first-order chi connectivity index (χ1) is 10.8. The third-order valence-electron chi connectivity index (χ3n) is 5.71. The van der Waals surface area contributed by atoms with E-state index in [-0.39, 0.29) is 17.8 Å². The fourth-order valence-electron chi connectivity index (χ4n) is 5.02. The van der Waals surface area contributed by atoms with E-state index in [4.69, 9.17) is 0 Å². The van der Waals surface area contributed by atoms with Gasteiger partial charge in [-0.2, -0.15) is 10.5 Å². The van der Waals surface area contributed by atoms with Crippen molar-refractivity contribution >= 4 is 0 Å². The smallest absolute Gasteiger partial charge is 0.110 e. The van der Waals surface area contributed by atoms with E-state index in [0.29, 0.717) is 5.57 Å². The maximum absolute atomic E-state index is 10.1. The van der Waals surface area contributed by atoms with E-state index in [1.54, 1.807) is 0 Å². The van der Waals surface area contributed by atoms with Crippen molar-refractivity contribution in [1.82, 2.24) is 0 Å². The molecule has 0 aromatic heterocycles. The largest absolute Gasteiger partial charge is 0.197 e. The molecule has 0 unspecified atom stereocenters. The van der Waals surface area contributed by atoms with Crippen LogP contribution in [-0.2, 0) is 0 Å². The van der Waals surface area contributed by atoms with Crippen molar-refractivity contribution in [2.45, 2.75) is 17.8 Å². The summed E-state index contributed by atoms with van der Waals surface area (Å²) in [6.45, 7) is 0. The van der Waals surface area contributed by atoms with Gasteiger partial charge in [0.15, 0.2) is 0 Å². The number of benzene rings is 2. The van der Waals surface area contributed by atoms with E-state index < -0.39 is 5.41 Å².